The van der Waals surface area contributed by atoms with E-state index in [1.165, 1.54) is 25.3 Å². The van der Waals surface area contributed by atoms with E-state index in [1.54, 1.807) is 19.1 Å². The predicted molar refractivity (Wildman–Crippen MR) is 63.5 cm³/mol. The summed E-state index contributed by atoms with van der Waals surface area (Å²) in [6.45, 7) is 3.09. The lowest BCUT2D eigenvalue weighted by atomic mass is 10.0. The molecule has 1 heterocycles. The molecule has 2 nitrogen and oxygen atoms in total. The van der Waals surface area contributed by atoms with E-state index in [0.717, 1.165) is 0 Å². The van der Waals surface area contributed by atoms with E-state index in [4.69, 9.17) is 0 Å². The number of carbonyl (C=O) groups is 1. The highest BCUT2D eigenvalue weighted by Crippen LogP contribution is 2.19. The molecule has 4 heteroatoms. The van der Waals surface area contributed by atoms with Gasteiger partial charge in [-0.3, -0.25) is 9.78 Å². The zero-order valence-electron chi connectivity index (χ0n) is 10.00. The second-order valence-electron chi connectivity index (χ2n) is 4.02. The van der Waals surface area contributed by atoms with Crippen molar-refractivity contribution in [2.24, 2.45) is 0 Å². The van der Waals surface area contributed by atoms with Crippen LogP contribution in [-0.2, 0) is 0 Å². The van der Waals surface area contributed by atoms with Crippen molar-refractivity contribution in [3.05, 3.63) is 64.5 Å². The summed E-state index contributed by atoms with van der Waals surface area (Å²) in [5.74, 6) is -2.65. The first-order chi connectivity index (χ1) is 8.52. The fourth-order valence-corrected chi connectivity index (χ4v) is 1.69. The molecule has 0 N–H and O–H groups in total. The van der Waals surface area contributed by atoms with Crippen LogP contribution in [0, 0.1) is 25.5 Å². The predicted octanol–water partition coefficient (Wildman–Crippen LogP) is 3.21. The first-order valence-electron chi connectivity index (χ1n) is 5.43. The molecular formula is C14H11F2NO. The van der Waals surface area contributed by atoms with Crippen LogP contribution in [0.5, 0.6) is 0 Å². The summed E-state index contributed by atoms with van der Waals surface area (Å²) in [4.78, 5) is 16.1. The quantitative estimate of drug-likeness (QED) is 0.763. The SMILES string of the molecule is Cc1ccc(C(=O)c2cccnc2C)c(F)c1F. The molecule has 0 bridgehead atoms. The third-order valence-electron chi connectivity index (χ3n) is 2.77. The summed E-state index contributed by atoms with van der Waals surface area (Å²) < 4.78 is 27.1. The number of benzene rings is 1. The summed E-state index contributed by atoms with van der Waals surface area (Å²) in [5.41, 5.74) is 0.670. The Kier molecular flexibility index (Phi) is 3.19. The molecule has 92 valence electrons. The number of halogens is 2. The highest BCUT2D eigenvalue weighted by Gasteiger charge is 2.19. The highest BCUT2D eigenvalue weighted by molar-refractivity contribution is 6.09. The van der Waals surface area contributed by atoms with Crippen LogP contribution in [0.3, 0.4) is 0 Å². The molecule has 2 aromatic rings. The van der Waals surface area contributed by atoms with Crippen LogP contribution < -0.4 is 0 Å². The van der Waals surface area contributed by atoms with Crippen molar-refractivity contribution in [3.63, 3.8) is 0 Å². The Hall–Kier alpha value is -2.10. The Morgan fingerprint density at radius 2 is 1.78 bits per heavy atom. The molecule has 0 saturated heterocycles. The van der Waals surface area contributed by atoms with E-state index in [9.17, 15) is 13.6 Å². The van der Waals surface area contributed by atoms with Gasteiger partial charge in [-0.05, 0) is 37.6 Å². The minimum atomic E-state index is -1.11. The Labute approximate surface area is 103 Å². The van der Waals surface area contributed by atoms with Gasteiger partial charge in [0.1, 0.15) is 0 Å². The van der Waals surface area contributed by atoms with Crippen LogP contribution >= 0.6 is 0 Å². The summed E-state index contributed by atoms with van der Waals surface area (Å²) in [5, 5.41) is 0. The molecule has 18 heavy (non-hydrogen) atoms. The molecule has 1 aromatic heterocycles. The number of pyridine rings is 1. The molecule has 0 spiro atoms. The fourth-order valence-electron chi connectivity index (χ4n) is 1.69. The van der Waals surface area contributed by atoms with Gasteiger partial charge in [-0.15, -0.1) is 0 Å². The maximum atomic E-state index is 13.7. The number of ketones is 1. The molecule has 0 fully saturated rings. The van der Waals surface area contributed by atoms with Gasteiger partial charge in [-0.2, -0.15) is 0 Å². The van der Waals surface area contributed by atoms with Crippen molar-refractivity contribution >= 4 is 5.78 Å². The Balaban J connectivity index is 2.54. The van der Waals surface area contributed by atoms with Crippen LogP contribution in [0.1, 0.15) is 27.2 Å². The van der Waals surface area contributed by atoms with Gasteiger partial charge in [0.25, 0.3) is 0 Å². The van der Waals surface area contributed by atoms with Crippen molar-refractivity contribution in [3.8, 4) is 0 Å². The van der Waals surface area contributed by atoms with Gasteiger partial charge in [0.05, 0.1) is 5.56 Å². The molecule has 0 aliphatic heterocycles. The average Bonchev–Trinajstić information content (AvgIpc) is 2.36. The normalized spacial score (nSPS) is 10.4. The van der Waals surface area contributed by atoms with Gasteiger partial charge in [0.2, 0.25) is 0 Å². The van der Waals surface area contributed by atoms with E-state index < -0.39 is 17.4 Å². The van der Waals surface area contributed by atoms with Gasteiger partial charge in [-0.25, -0.2) is 8.78 Å². The van der Waals surface area contributed by atoms with Gasteiger partial charge in [-0.1, -0.05) is 6.07 Å². The lowest BCUT2D eigenvalue weighted by Crippen LogP contribution is -2.09. The standard InChI is InChI=1S/C14H11F2NO/c1-8-5-6-11(13(16)12(8)15)14(18)10-4-3-7-17-9(10)2/h3-7H,1-2H3. The van der Waals surface area contributed by atoms with Gasteiger partial charge < -0.3 is 0 Å². The molecule has 0 unspecified atom stereocenters. The van der Waals surface area contributed by atoms with Crippen molar-refractivity contribution in [2.75, 3.05) is 0 Å². The number of aromatic nitrogens is 1. The van der Waals surface area contributed by atoms with E-state index >= 15 is 0 Å². The molecule has 1 aromatic carbocycles. The largest absolute Gasteiger partial charge is 0.288 e. The second-order valence-corrected chi connectivity index (χ2v) is 4.02. The van der Waals surface area contributed by atoms with E-state index in [2.05, 4.69) is 4.98 Å². The molecule has 0 atom stereocenters. The summed E-state index contributed by atoms with van der Waals surface area (Å²) in [6, 6.07) is 5.81. The van der Waals surface area contributed by atoms with Crippen molar-refractivity contribution < 1.29 is 13.6 Å². The van der Waals surface area contributed by atoms with E-state index in [-0.39, 0.29) is 16.7 Å². The van der Waals surface area contributed by atoms with E-state index in [1.807, 2.05) is 0 Å². The van der Waals surface area contributed by atoms with Crippen LogP contribution in [-0.4, -0.2) is 10.8 Å². The van der Waals surface area contributed by atoms with E-state index in [0.29, 0.717) is 5.69 Å². The van der Waals surface area contributed by atoms with Gasteiger partial charge >= 0.3 is 0 Å². The topological polar surface area (TPSA) is 30.0 Å². The number of hydrogen-bond donors (Lipinski definition) is 0. The third-order valence-corrected chi connectivity index (χ3v) is 2.77. The lowest BCUT2D eigenvalue weighted by Gasteiger charge is -2.06. The molecule has 0 amide bonds. The molecule has 2 rings (SSSR count). The van der Waals surface area contributed by atoms with Crippen LogP contribution in [0.4, 0.5) is 8.78 Å². The summed E-state index contributed by atoms with van der Waals surface area (Å²) in [6.07, 6.45) is 1.54. The van der Waals surface area contributed by atoms with Crippen LogP contribution in [0.2, 0.25) is 0 Å². The molecular weight excluding hydrogens is 236 g/mol. The van der Waals surface area contributed by atoms with Crippen molar-refractivity contribution in [1.29, 1.82) is 0 Å². The minimum Gasteiger partial charge on any atom is -0.288 e. The number of rotatable bonds is 2. The van der Waals surface area contributed by atoms with Crippen molar-refractivity contribution in [2.45, 2.75) is 13.8 Å². The Bertz CT molecular complexity index is 623. The van der Waals surface area contributed by atoms with Crippen molar-refractivity contribution in [1.82, 2.24) is 4.98 Å². The maximum absolute atomic E-state index is 13.7. The molecule has 0 radical (unpaired) electrons. The number of hydrogen-bond acceptors (Lipinski definition) is 2. The minimum absolute atomic E-state index is 0.173. The second kappa shape index (κ2) is 4.64. The molecule has 0 aliphatic rings. The van der Waals surface area contributed by atoms with Gasteiger partial charge in [0.15, 0.2) is 17.4 Å². The monoisotopic (exact) mass is 247 g/mol. The van der Waals surface area contributed by atoms with Crippen LogP contribution in [0.25, 0.3) is 0 Å². The highest BCUT2D eigenvalue weighted by atomic mass is 19.2. The third kappa shape index (κ3) is 2.01. The zero-order valence-corrected chi connectivity index (χ0v) is 10.00. The van der Waals surface area contributed by atoms with Gasteiger partial charge in [0, 0.05) is 17.5 Å². The smallest absolute Gasteiger partial charge is 0.197 e. The first-order valence-corrected chi connectivity index (χ1v) is 5.43. The first kappa shape index (κ1) is 12.4. The number of carbonyl (C=O) groups excluding carboxylic acids is 1. The van der Waals surface area contributed by atoms with Crippen LogP contribution in [0.15, 0.2) is 30.5 Å². The number of aryl methyl sites for hydroxylation is 2. The number of nitrogens with zero attached hydrogens (tertiary/aromatic N) is 1. The summed E-state index contributed by atoms with van der Waals surface area (Å²) in [7, 11) is 0. The maximum Gasteiger partial charge on any atom is 0.197 e. The molecule has 0 saturated carbocycles. The average molecular weight is 247 g/mol. The lowest BCUT2D eigenvalue weighted by molar-refractivity contribution is 0.103. The Morgan fingerprint density at radius 3 is 2.44 bits per heavy atom. The Morgan fingerprint density at radius 1 is 1.06 bits per heavy atom. The molecule has 0 aliphatic carbocycles. The zero-order chi connectivity index (χ0) is 13.3. The fraction of sp³-hybridized carbons (Fsp3) is 0.143. The summed E-state index contributed by atoms with van der Waals surface area (Å²) >= 11 is 0.